The van der Waals surface area contributed by atoms with Gasteiger partial charge in [0.15, 0.2) is 6.10 Å². The van der Waals surface area contributed by atoms with E-state index in [2.05, 4.69) is 4.90 Å². The lowest BCUT2D eigenvalue weighted by atomic mass is 9.50. The third-order valence-corrected chi connectivity index (χ3v) is 7.19. The highest BCUT2D eigenvalue weighted by Gasteiger charge is 2.71. The normalized spacial score (nSPS) is 36.2. The Kier molecular flexibility index (Phi) is 3.75. The van der Waals surface area contributed by atoms with Crippen molar-refractivity contribution >= 4 is 5.97 Å². The molecular weight excluding hydrogens is 362 g/mol. The van der Waals surface area contributed by atoms with Crippen LogP contribution in [0, 0.1) is 0 Å². The molecule has 7 heteroatoms. The molecule has 1 spiro atoms. The standard InChI is InChI=1S/C21H25NO6/c1-11(24)19(25)27-14-5-6-21(26)15-9-12-3-4-13(10-23)17-16(12)20(21,18(14)28-17)7-8-22(15)2/h3-5,11,15,18,23-24,26H,6-10H2,1-2H3/t11-,15+,18-,20-,21+/m0/s1. The number of aliphatic hydroxyl groups is 3. The van der Waals surface area contributed by atoms with Crippen LogP contribution in [0.5, 0.6) is 5.75 Å². The molecule has 5 atom stereocenters. The lowest BCUT2D eigenvalue weighted by Crippen LogP contribution is -2.74. The quantitative estimate of drug-likeness (QED) is 0.645. The van der Waals surface area contributed by atoms with Crippen LogP contribution in [0.15, 0.2) is 24.0 Å². The maximum atomic E-state index is 12.1. The van der Waals surface area contributed by atoms with Gasteiger partial charge in [0, 0.05) is 23.6 Å². The summed E-state index contributed by atoms with van der Waals surface area (Å²) in [6, 6.07) is 3.81. The fraction of sp³-hybridized carbons (Fsp3) is 0.571. The minimum Gasteiger partial charge on any atom is -0.481 e. The Morgan fingerprint density at radius 3 is 2.96 bits per heavy atom. The SMILES string of the molecule is C[C@H](O)C(=O)OC1=CC[C@@]2(O)[C@H]3Cc4ccc(CO)c5c4[C@@]2(CCN3C)[C@H]1O5. The van der Waals surface area contributed by atoms with Crippen LogP contribution in [0.3, 0.4) is 0 Å². The number of rotatable bonds is 3. The van der Waals surface area contributed by atoms with E-state index >= 15 is 0 Å². The molecule has 2 aliphatic heterocycles. The van der Waals surface area contributed by atoms with E-state index in [1.54, 1.807) is 6.08 Å². The fourth-order valence-electron chi connectivity index (χ4n) is 5.83. The van der Waals surface area contributed by atoms with Gasteiger partial charge in [-0.15, -0.1) is 0 Å². The fourth-order valence-corrected chi connectivity index (χ4v) is 5.83. The van der Waals surface area contributed by atoms with Gasteiger partial charge in [-0.3, -0.25) is 0 Å². The number of carbonyl (C=O) groups excluding carboxylic acids is 1. The summed E-state index contributed by atoms with van der Waals surface area (Å²) in [5.41, 5.74) is 0.941. The summed E-state index contributed by atoms with van der Waals surface area (Å²) in [6.07, 6.45) is 1.52. The van der Waals surface area contributed by atoms with Crippen LogP contribution >= 0.6 is 0 Å². The maximum absolute atomic E-state index is 12.1. The number of ether oxygens (including phenoxy) is 2. The summed E-state index contributed by atoms with van der Waals surface area (Å²) < 4.78 is 11.8. The van der Waals surface area contributed by atoms with E-state index in [-0.39, 0.29) is 12.6 Å². The van der Waals surface area contributed by atoms with Crippen molar-refractivity contribution in [2.24, 2.45) is 0 Å². The molecule has 1 fully saturated rings. The number of aliphatic hydroxyl groups excluding tert-OH is 2. The Hall–Kier alpha value is -1.93. The molecule has 4 aliphatic rings. The zero-order valence-corrected chi connectivity index (χ0v) is 16.0. The van der Waals surface area contributed by atoms with Crippen LogP contribution in [-0.4, -0.2) is 63.6 Å². The molecule has 1 aromatic carbocycles. The molecular formula is C21H25NO6. The Bertz CT molecular complexity index is 895. The van der Waals surface area contributed by atoms with Gasteiger partial charge in [-0.2, -0.15) is 0 Å². The van der Waals surface area contributed by atoms with Gasteiger partial charge in [0.2, 0.25) is 0 Å². The Morgan fingerprint density at radius 1 is 1.46 bits per heavy atom. The smallest absolute Gasteiger partial charge is 0.339 e. The predicted octanol–water partition coefficient (Wildman–Crippen LogP) is 0.381. The lowest BCUT2D eigenvalue weighted by Gasteiger charge is -2.61. The molecule has 28 heavy (non-hydrogen) atoms. The number of likely N-dealkylation sites (tertiary alicyclic amines) is 1. The van der Waals surface area contributed by atoms with Crippen molar-refractivity contribution in [1.82, 2.24) is 4.90 Å². The van der Waals surface area contributed by atoms with Crippen molar-refractivity contribution in [3.8, 4) is 5.75 Å². The Morgan fingerprint density at radius 2 is 2.25 bits per heavy atom. The first-order chi connectivity index (χ1) is 13.3. The van der Waals surface area contributed by atoms with E-state index in [0.717, 1.165) is 17.7 Å². The van der Waals surface area contributed by atoms with Gasteiger partial charge in [0.05, 0.1) is 17.6 Å². The molecule has 0 aromatic heterocycles. The van der Waals surface area contributed by atoms with Crippen LogP contribution in [0.1, 0.15) is 36.5 Å². The monoisotopic (exact) mass is 387 g/mol. The van der Waals surface area contributed by atoms with Crippen LogP contribution in [-0.2, 0) is 28.0 Å². The molecule has 0 amide bonds. The maximum Gasteiger partial charge on any atom is 0.339 e. The average Bonchev–Trinajstić information content (AvgIpc) is 3.02. The van der Waals surface area contributed by atoms with Gasteiger partial charge >= 0.3 is 5.97 Å². The average molecular weight is 387 g/mol. The highest BCUT2D eigenvalue weighted by Crippen LogP contribution is 2.64. The number of hydrogen-bond acceptors (Lipinski definition) is 7. The van der Waals surface area contributed by atoms with Crippen molar-refractivity contribution in [3.05, 3.63) is 40.7 Å². The second-order valence-electron chi connectivity index (χ2n) is 8.50. The Labute approximate surface area is 163 Å². The molecule has 0 unspecified atom stereocenters. The van der Waals surface area contributed by atoms with E-state index in [0.29, 0.717) is 36.3 Å². The Balaban J connectivity index is 1.72. The third kappa shape index (κ3) is 2.00. The zero-order valence-electron chi connectivity index (χ0n) is 16.0. The molecule has 5 rings (SSSR count). The highest BCUT2D eigenvalue weighted by molar-refractivity contribution is 5.75. The van der Waals surface area contributed by atoms with Crippen molar-refractivity contribution < 1.29 is 29.6 Å². The third-order valence-electron chi connectivity index (χ3n) is 7.19. The van der Waals surface area contributed by atoms with E-state index in [1.165, 1.54) is 6.92 Å². The predicted molar refractivity (Wildman–Crippen MR) is 98.6 cm³/mol. The minimum absolute atomic E-state index is 0.0731. The van der Waals surface area contributed by atoms with Gasteiger partial charge in [0.25, 0.3) is 0 Å². The number of benzene rings is 1. The van der Waals surface area contributed by atoms with Crippen molar-refractivity contribution in [2.75, 3.05) is 13.6 Å². The molecule has 2 bridgehead atoms. The van der Waals surface area contributed by atoms with Gasteiger partial charge in [-0.25, -0.2) is 4.79 Å². The molecule has 3 N–H and O–H groups in total. The summed E-state index contributed by atoms with van der Waals surface area (Å²) in [4.78, 5) is 14.3. The van der Waals surface area contributed by atoms with E-state index in [9.17, 15) is 20.1 Å². The highest BCUT2D eigenvalue weighted by atomic mass is 16.6. The van der Waals surface area contributed by atoms with Gasteiger partial charge in [-0.05, 0) is 45.0 Å². The van der Waals surface area contributed by atoms with E-state index in [4.69, 9.17) is 9.47 Å². The lowest BCUT2D eigenvalue weighted by molar-refractivity contribution is -0.171. The largest absolute Gasteiger partial charge is 0.481 e. The van der Waals surface area contributed by atoms with Crippen molar-refractivity contribution in [1.29, 1.82) is 0 Å². The molecule has 1 saturated heterocycles. The number of esters is 1. The second-order valence-corrected chi connectivity index (χ2v) is 8.50. The first kappa shape index (κ1) is 18.1. The van der Waals surface area contributed by atoms with Gasteiger partial charge in [0.1, 0.15) is 17.6 Å². The first-order valence-corrected chi connectivity index (χ1v) is 9.78. The van der Waals surface area contributed by atoms with Crippen LogP contribution in [0.2, 0.25) is 0 Å². The summed E-state index contributed by atoms with van der Waals surface area (Å²) >= 11 is 0. The van der Waals surface area contributed by atoms with Crippen molar-refractivity contribution in [2.45, 2.75) is 62.1 Å². The second kappa shape index (κ2) is 5.79. The summed E-state index contributed by atoms with van der Waals surface area (Å²) in [6.45, 7) is 1.98. The summed E-state index contributed by atoms with van der Waals surface area (Å²) in [5, 5.41) is 31.4. The zero-order chi connectivity index (χ0) is 19.8. The molecule has 150 valence electrons. The minimum atomic E-state index is -1.25. The first-order valence-electron chi connectivity index (χ1n) is 9.78. The molecule has 7 nitrogen and oxygen atoms in total. The van der Waals surface area contributed by atoms with Crippen molar-refractivity contribution in [3.63, 3.8) is 0 Å². The van der Waals surface area contributed by atoms with Gasteiger partial charge < -0.3 is 29.7 Å². The van der Waals surface area contributed by atoms with Gasteiger partial charge in [-0.1, -0.05) is 12.1 Å². The number of carbonyl (C=O) groups is 1. The summed E-state index contributed by atoms with van der Waals surface area (Å²) in [7, 11) is 2.03. The molecule has 1 aromatic rings. The number of nitrogens with zero attached hydrogens (tertiary/aromatic N) is 1. The summed E-state index contributed by atoms with van der Waals surface area (Å²) in [5.74, 6) is 0.203. The van der Waals surface area contributed by atoms with Crippen LogP contribution in [0.25, 0.3) is 0 Å². The number of likely N-dealkylation sites (N-methyl/N-ethyl adjacent to an activating group) is 1. The molecule has 2 aliphatic carbocycles. The number of piperidine rings is 1. The number of hydrogen-bond donors (Lipinski definition) is 3. The molecule has 0 saturated carbocycles. The van der Waals surface area contributed by atoms with E-state index in [1.807, 2.05) is 19.2 Å². The van der Waals surface area contributed by atoms with Crippen LogP contribution < -0.4 is 4.74 Å². The van der Waals surface area contributed by atoms with E-state index < -0.39 is 29.2 Å². The molecule has 2 heterocycles. The van der Waals surface area contributed by atoms with Crippen LogP contribution in [0.4, 0.5) is 0 Å². The topological polar surface area (TPSA) is 99.5 Å². The molecule has 0 radical (unpaired) electrons.